The number of unbranched alkanes of at least 4 members (excludes halogenated alkanes) is 1. The lowest BCUT2D eigenvalue weighted by atomic mass is 9.81. The highest BCUT2D eigenvalue weighted by Gasteiger charge is 2.50. The van der Waals surface area contributed by atoms with Gasteiger partial charge in [-0.15, -0.1) is 0 Å². The van der Waals surface area contributed by atoms with Crippen LogP contribution in [-0.2, 0) is 28.4 Å². The molecular formula is C20H36BNO7. The largest absolute Gasteiger partial charge is 0.464 e. The van der Waals surface area contributed by atoms with Gasteiger partial charge >= 0.3 is 19.2 Å². The van der Waals surface area contributed by atoms with Crippen molar-refractivity contribution in [2.24, 2.45) is 0 Å². The summed E-state index contributed by atoms with van der Waals surface area (Å²) >= 11 is 0. The predicted molar refractivity (Wildman–Crippen MR) is 110 cm³/mol. The van der Waals surface area contributed by atoms with Gasteiger partial charge in [0.25, 0.3) is 0 Å². The molecule has 0 aromatic heterocycles. The van der Waals surface area contributed by atoms with Gasteiger partial charge in [-0.3, -0.25) is 5.32 Å². The van der Waals surface area contributed by atoms with Gasteiger partial charge in [-0.25, -0.2) is 9.59 Å². The molecule has 0 radical (unpaired) electrons. The summed E-state index contributed by atoms with van der Waals surface area (Å²) in [7, 11) is -0.355. The lowest BCUT2D eigenvalue weighted by Crippen LogP contribution is -2.57. The lowest BCUT2D eigenvalue weighted by Gasteiger charge is -2.32. The summed E-state index contributed by atoms with van der Waals surface area (Å²) in [5, 5.41) is 2.41. The number of aldehydes is 1. The number of carbonyl (C=O) groups is 3. The van der Waals surface area contributed by atoms with Crippen molar-refractivity contribution >= 4 is 25.5 Å². The van der Waals surface area contributed by atoms with E-state index < -0.39 is 34.4 Å². The van der Waals surface area contributed by atoms with Crippen molar-refractivity contribution in [3.63, 3.8) is 0 Å². The maximum absolute atomic E-state index is 12.4. The van der Waals surface area contributed by atoms with E-state index in [4.69, 9.17) is 18.8 Å². The predicted octanol–water partition coefficient (Wildman–Crippen LogP) is 3.27. The molecular weight excluding hydrogens is 377 g/mol. The van der Waals surface area contributed by atoms with Crippen molar-refractivity contribution < 1.29 is 33.2 Å². The van der Waals surface area contributed by atoms with Crippen LogP contribution >= 0.6 is 0 Å². The van der Waals surface area contributed by atoms with Crippen LogP contribution < -0.4 is 5.32 Å². The molecule has 1 saturated heterocycles. The molecule has 1 heterocycles. The van der Waals surface area contributed by atoms with E-state index >= 15 is 0 Å². The molecule has 1 atom stereocenters. The molecule has 1 aliphatic heterocycles. The Hall–Kier alpha value is -1.61. The van der Waals surface area contributed by atoms with E-state index in [0.717, 1.165) is 0 Å². The highest BCUT2D eigenvalue weighted by molar-refractivity contribution is 6.45. The van der Waals surface area contributed by atoms with Crippen LogP contribution in [0.3, 0.4) is 0 Å². The summed E-state index contributed by atoms with van der Waals surface area (Å²) in [4.78, 5) is 36.5. The molecule has 9 heteroatoms. The Morgan fingerprint density at radius 2 is 1.62 bits per heavy atom. The van der Waals surface area contributed by atoms with Crippen LogP contribution in [0.1, 0.15) is 74.7 Å². The number of carbonyl (C=O) groups excluding carboxylic acids is 3. The van der Waals surface area contributed by atoms with Gasteiger partial charge < -0.3 is 23.6 Å². The van der Waals surface area contributed by atoms with E-state index in [-0.39, 0.29) is 20.1 Å². The van der Waals surface area contributed by atoms with E-state index in [1.807, 2.05) is 27.7 Å². The molecule has 0 aliphatic carbocycles. The molecule has 1 N–H and O–H groups in total. The van der Waals surface area contributed by atoms with Crippen LogP contribution in [-0.4, -0.2) is 54.4 Å². The third kappa shape index (κ3) is 6.99. The minimum atomic E-state index is -1.78. The first-order valence-corrected chi connectivity index (χ1v) is 10.2. The fourth-order valence-corrected chi connectivity index (χ4v) is 2.90. The normalized spacial score (nSPS) is 19.9. The van der Waals surface area contributed by atoms with E-state index in [1.54, 1.807) is 27.7 Å². The summed E-state index contributed by atoms with van der Waals surface area (Å²) in [5.41, 5.74) is -3.36. The number of esters is 1. The topological polar surface area (TPSA) is 100 Å². The van der Waals surface area contributed by atoms with E-state index in [9.17, 15) is 14.4 Å². The van der Waals surface area contributed by atoms with Crippen molar-refractivity contribution in [2.45, 2.75) is 103 Å². The second-order valence-corrected chi connectivity index (χ2v) is 9.37. The first-order chi connectivity index (χ1) is 13.2. The molecule has 1 amide bonds. The Balaban J connectivity index is 2.72. The summed E-state index contributed by atoms with van der Waals surface area (Å²) in [6, 6.07) is 0. The maximum atomic E-state index is 12.4. The molecule has 166 valence electrons. The summed E-state index contributed by atoms with van der Waals surface area (Å²) in [6.07, 6.45) is 1.40. The Morgan fingerprint density at radius 3 is 2.07 bits per heavy atom. The molecule has 1 aliphatic rings. The zero-order valence-corrected chi connectivity index (χ0v) is 19.0. The Bertz CT molecular complexity index is 584. The van der Waals surface area contributed by atoms with Gasteiger partial charge in [-0.1, -0.05) is 12.8 Å². The quantitative estimate of drug-likeness (QED) is 0.204. The van der Waals surface area contributed by atoms with Crippen molar-refractivity contribution in [3.8, 4) is 0 Å². The number of alkyl carbamates (subject to hydrolysis) is 1. The number of nitrogens with one attached hydrogen (secondary N) is 1. The Kier molecular flexibility index (Phi) is 8.31. The van der Waals surface area contributed by atoms with Crippen LogP contribution in [0.5, 0.6) is 0 Å². The molecule has 1 unspecified atom stereocenters. The molecule has 0 spiro atoms. The molecule has 0 saturated carbocycles. The average molecular weight is 413 g/mol. The number of hydrogen-bond acceptors (Lipinski definition) is 7. The monoisotopic (exact) mass is 413 g/mol. The van der Waals surface area contributed by atoms with Crippen molar-refractivity contribution in [2.75, 3.05) is 6.61 Å². The second-order valence-electron chi connectivity index (χ2n) is 9.37. The van der Waals surface area contributed by atoms with Crippen molar-refractivity contribution in [1.82, 2.24) is 5.32 Å². The van der Waals surface area contributed by atoms with Crippen LogP contribution in [0, 0.1) is 0 Å². The third-order valence-electron chi connectivity index (χ3n) is 5.13. The second kappa shape index (κ2) is 9.47. The third-order valence-corrected chi connectivity index (χ3v) is 5.13. The molecule has 0 aromatic rings. The standard InChI is InChI=1S/C20H36BNO7/c1-9-26-15(24)20(14-23,22-16(25)27-17(2,3)4)12-10-11-13-21-28-18(5,6)19(7,8)29-21/h14H,9-13H2,1-8H3,(H,22,25). The average Bonchev–Trinajstić information content (AvgIpc) is 2.76. The van der Waals surface area contributed by atoms with Crippen molar-refractivity contribution in [1.29, 1.82) is 0 Å². The van der Waals surface area contributed by atoms with Gasteiger partial charge in [-0.2, -0.15) is 0 Å². The molecule has 1 rings (SSSR count). The smallest absolute Gasteiger partial charge is 0.457 e. The molecule has 29 heavy (non-hydrogen) atoms. The minimum absolute atomic E-state index is 0.0914. The van der Waals surface area contributed by atoms with E-state index in [0.29, 0.717) is 25.4 Å². The SMILES string of the molecule is CCOC(=O)C(C=O)(CCCCB1OC(C)(C)C(C)(C)O1)NC(=O)OC(C)(C)C. The van der Waals surface area contributed by atoms with Crippen LogP contribution in [0.4, 0.5) is 4.79 Å². The Labute approximate surface area is 174 Å². The summed E-state index contributed by atoms with van der Waals surface area (Å²) in [6.45, 7) is 14.8. The zero-order chi connectivity index (χ0) is 22.5. The highest BCUT2D eigenvalue weighted by atomic mass is 16.7. The minimum Gasteiger partial charge on any atom is -0.464 e. The van der Waals surface area contributed by atoms with Gasteiger partial charge in [0.2, 0.25) is 0 Å². The number of rotatable bonds is 9. The molecule has 0 bridgehead atoms. The number of amides is 1. The molecule has 1 fully saturated rings. The van der Waals surface area contributed by atoms with Gasteiger partial charge in [0.15, 0.2) is 11.8 Å². The summed E-state index contributed by atoms with van der Waals surface area (Å²) < 4.78 is 22.1. The van der Waals surface area contributed by atoms with Crippen molar-refractivity contribution in [3.05, 3.63) is 0 Å². The lowest BCUT2D eigenvalue weighted by molar-refractivity contribution is -0.153. The highest BCUT2D eigenvalue weighted by Crippen LogP contribution is 2.38. The Morgan fingerprint density at radius 1 is 1.07 bits per heavy atom. The van der Waals surface area contributed by atoms with Crippen LogP contribution in [0.2, 0.25) is 6.32 Å². The van der Waals surface area contributed by atoms with Gasteiger partial charge in [-0.05, 0) is 68.1 Å². The van der Waals surface area contributed by atoms with E-state index in [1.165, 1.54) is 0 Å². The van der Waals surface area contributed by atoms with Crippen LogP contribution in [0.15, 0.2) is 0 Å². The number of hydrogen-bond donors (Lipinski definition) is 1. The molecule has 8 nitrogen and oxygen atoms in total. The van der Waals surface area contributed by atoms with Gasteiger partial charge in [0.1, 0.15) is 5.60 Å². The zero-order valence-electron chi connectivity index (χ0n) is 19.0. The van der Waals surface area contributed by atoms with E-state index in [2.05, 4.69) is 5.32 Å². The first kappa shape index (κ1) is 25.4. The van der Waals surface area contributed by atoms with Gasteiger partial charge in [0.05, 0.1) is 17.8 Å². The van der Waals surface area contributed by atoms with Crippen LogP contribution in [0.25, 0.3) is 0 Å². The molecule has 0 aromatic carbocycles. The number of ether oxygens (including phenoxy) is 2. The fraction of sp³-hybridized carbons (Fsp3) is 0.850. The summed E-state index contributed by atoms with van der Waals surface area (Å²) in [5.74, 6) is -0.795. The maximum Gasteiger partial charge on any atom is 0.457 e. The first-order valence-electron chi connectivity index (χ1n) is 10.2. The van der Waals surface area contributed by atoms with Gasteiger partial charge in [0, 0.05) is 0 Å². The fourth-order valence-electron chi connectivity index (χ4n) is 2.90.